The van der Waals surface area contributed by atoms with E-state index in [1.54, 1.807) is 7.11 Å². The van der Waals surface area contributed by atoms with Gasteiger partial charge >= 0.3 is 0 Å². The Hall–Kier alpha value is -1.75. The van der Waals surface area contributed by atoms with Gasteiger partial charge in [0.2, 0.25) is 0 Å². The maximum absolute atomic E-state index is 5.95. The predicted octanol–water partition coefficient (Wildman–Crippen LogP) is 3.36. The number of morpholine rings is 1. The lowest BCUT2D eigenvalue weighted by Crippen LogP contribution is -2.34. The lowest BCUT2D eigenvalue weighted by Gasteiger charge is -2.25. The minimum atomic E-state index is 0. The smallest absolute Gasteiger partial charge is 0.161 e. The predicted molar refractivity (Wildman–Crippen MR) is 92.6 cm³/mol. The van der Waals surface area contributed by atoms with Gasteiger partial charge < -0.3 is 19.5 Å². The van der Waals surface area contributed by atoms with Gasteiger partial charge in [0.1, 0.15) is 6.61 Å². The molecule has 0 saturated carbocycles. The van der Waals surface area contributed by atoms with Crippen molar-refractivity contribution in [3.8, 4) is 11.5 Å². The number of halogens is 1. The van der Waals surface area contributed by atoms with E-state index in [-0.39, 0.29) is 18.4 Å². The molecule has 0 aromatic heterocycles. The van der Waals surface area contributed by atoms with Crippen LogP contribution in [0.4, 0.5) is 0 Å². The quantitative estimate of drug-likeness (QED) is 0.909. The first-order valence-corrected chi connectivity index (χ1v) is 7.52. The number of rotatable bonds is 5. The van der Waals surface area contributed by atoms with E-state index in [1.165, 1.54) is 0 Å². The lowest BCUT2D eigenvalue weighted by molar-refractivity contribution is 0.0767. The average Bonchev–Trinajstić information content (AvgIpc) is 2.61. The second-order valence-corrected chi connectivity index (χ2v) is 5.27. The Labute approximate surface area is 143 Å². The standard InChI is InChI=1S/C18H21NO3.ClH/c1-20-17-8-7-15(16-13-21-10-9-19-16)11-18(17)22-12-14-5-3-2-4-6-14;/h2-8,11,16,19H,9-10,12-13H2,1H3;1H/t16-;/m0./s1. The summed E-state index contributed by atoms with van der Waals surface area (Å²) in [5.41, 5.74) is 2.29. The zero-order valence-corrected chi connectivity index (χ0v) is 14.0. The first kappa shape index (κ1) is 17.6. The van der Waals surface area contributed by atoms with Crippen molar-refractivity contribution in [2.75, 3.05) is 26.9 Å². The molecule has 2 aromatic rings. The van der Waals surface area contributed by atoms with Gasteiger partial charge in [-0.1, -0.05) is 36.4 Å². The van der Waals surface area contributed by atoms with Crippen LogP contribution in [0.2, 0.25) is 0 Å². The van der Waals surface area contributed by atoms with Gasteiger partial charge in [0.05, 0.1) is 26.4 Å². The molecule has 1 saturated heterocycles. The van der Waals surface area contributed by atoms with Crippen LogP contribution in [0, 0.1) is 0 Å². The molecular formula is C18H22ClNO3. The van der Waals surface area contributed by atoms with E-state index in [2.05, 4.69) is 11.4 Å². The third-order valence-electron chi connectivity index (χ3n) is 3.75. The van der Waals surface area contributed by atoms with Gasteiger partial charge in [-0.3, -0.25) is 0 Å². The summed E-state index contributed by atoms with van der Waals surface area (Å²) in [6.07, 6.45) is 0. The van der Waals surface area contributed by atoms with Gasteiger partial charge in [0, 0.05) is 6.54 Å². The molecule has 2 aromatic carbocycles. The van der Waals surface area contributed by atoms with Crippen LogP contribution < -0.4 is 14.8 Å². The number of nitrogens with one attached hydrogen (secondary N) is 1. The Bertz CT molecular complexity index is 600. The zero-order chi connectivity index (χ0) is 15.2. The minimum Gasteiger partial charge on any atom is -0.493 e. The van der Waals surface area contributed by atoms with E-state index in [1.807, 2.05) is 42.5 Å². The molecule has 0 spiro atoms. The van der Waals surface area contributed by atoms with Crippen molar-refractivity contribution in [1.29, 1.82) is 0 Å². The van der Waals surface area contributed by atoms with E-state index >= 15 is 0 Å². The minimum absolute atomic E-state index is 0. The summed E-state index contributed by atoms with van der Waals surface area (Å²) in [6.45, 7) is 2.85. The number of ether oxygens (including phenoxy) is 3. The van der Waals surface area contributed by atoms with E-state index in [9.17, 15) is 0 Å². The van der Waals surface area contributed by atoms with E-state index in [0.717, 1.165) is 35.8 Å². The highest BCUT2D eigenvalue weighted by Crippen LogP contribution is 2.31. The summed E-state index contributed by atoms with van der Waals surface area (Å²) >= 11 is 0. The molecule has 23 heavy (non-hydrogen) atoms. The van der Waals surface area contributed by atoms with Crippen LogP contribution in [-0.2, 0) is 11.3 Å². The van der Waals surface area contributed by atoms with E-state index in [4.69, 9.17) is 14.2 Å². The molecule has 1 atom stereocenters. The topological polar surface area (TPSA) is 39.7 Å². The first-order valence-electron chi connectivity index (χ1n) is 7.52. The highest BCUT2D eigenvalue weighted by Gasteiger charge is 2.17. The second kappa shape index (κ2) is 8.77. The van der Waals surface area contributed by atoms with Crippen molar-refractivity contribution < 1.29 is 14.2 Å². The van der Waals surface area contributed by atoms with Crippen molar-refractivity contribution in [3.63, 3.8) is 0 Å². The summed E-state index contributed by atoms with van der Waals surface area (Å²) < 4.78 is 16.9. The molecule has 124 valence electrons. The normalized spacial score (nSPS) is 17.2. The Morgan fingerprint density at radius 3 is 2.65 bits per heavy atom. The fourth-order valence-corrected chi connectivity index (χ4v) is 2.54. The molecule has 0 amide bonds. The van der Waals surface area contributed by atoms with E-state index in [0.29, 0.717) is 13.2 Å². The summed E-state index contributed by atoms with van der Waals surface area (Å²) in [6, 6.07) is 16.4. The maximum Gasteiger partial charge on any atom is 0.161 e. The van der Waals surface area contributed by atoms with Crippen LogP contribution in [0.3, 0.4) is 0 Å². The Morgan fingerprint density at radius 2 is 1.96 bits per heavy atom. The number of hydrogen-bond donors (Lipinski definition) is 1. The van der Waals surface area contributed by atoms with Crippen molar-refractivity contribution >= 4 is 12.4 Å². The molecule has 1 N–H and O–H groups in total. The Kier molecular flexibility index (Phi) is 6.71. The zero-order valence-electron chi connectivity index (χ0n) is 13.2. The summed E-state index contributed by atoms with van der Waals surface area (Å²) in [5.74, 6) is 1.51. The van der Waals surface area contributed by atoms with Crippen LogP contribution in [0.1, 0.15) is 17.2 Å². The summed E-state index contributed by atoms with van der Waals surface area (Å²) in [7, 11) is 1.66. The fourth-order valence-electron chi connectivity index (χ4n) is 2.54. The molecule has 0 radical (unpaired) electrons. The van der Waals surface area contributed by atoms with Crippen LogP contribution in [0.5, 0.6) is 11.5 Å². The fraction of sp³-hybridized carbons (Fsp3) is 0.333. The van der Waals surface area contributed by atoms with Gasteiger partial charge in [0.25, 0.3) is 0 Å². The molecule has 0 aliphatic carbocycles. The Balaban J connectivity index is 0.00000192. The summed E-state index contributed by atoms with van der Waals surface area (Å²) in [5, 5.41) is 3.45. The lowest BCUT2D eigenvalue weighted by atomic mass is 10.1. The molecule has 5 heteroatoms. The molecule has 1 heterocycles. The van der Waals surface area contributed by atoms with Crippen LogP contribution in [-0.4, -0.2) is 26.9 Å². The molecule has 4 nitrogen and oxygen atoms in total. The van der Waals surface area contributed by atoms with Gasteiger partial charge in [-0.25, -0.2) is 0 Å². The van der Waals surface area contributed by atoms with Gasteiger partial charge in [-0.2, -0.15) is 0 Å². The van der Waals surface area contributed by atoms with Crippen LogP contribution in [0.15, 0.2) is 48.5 Å². The molecule has 0 unspecified atom stereocenters. The molecule has 1 aliphatic rings. The van der Waals surface area contributed by atoms with Gasteiger partial charge in [-0.15, -0.1) is 12.4 Å². The van der Waals surface area contributed by atoms with E-state index < -0.39 is 0 Å². The highest BCUT2D eigenvalue weighted by atomic mass is 35.5. The molecule has 1 fully saturated rings. The van der Waals surface area contributed by atoms with Gasteiger partial charge in [-0.05, 0) is 23.3 Å². The molecule has 3 rings (SSSR count). The summed E-state index contributed by atoms with van der Waals surface area (Å²) in [4.78, 5) is 0. The van der Waals surface area contributed by atoms with Crippen molar-refractivity contribution in [3.05, 3.63) is 59.7 Å². The third-order valence-corrected chi connectivity index (χ3v) is 3.75. The number of benzene rings is 2. The largest absolute Gasteiger partial charge is 0.493 e. The van der Waals surface area contributed by atoms with Crippen molar-refractivity contribution in [2.45, 2.75) is 12.6 Å². The number of hydrogen-bond acceptors (Lipinski definition) is 4. The Morgan fingerprint density at radius 1 is 1.13 bits per heavy atom. The third kappa shape index (κ3) is 4.61. The first-order chi connectivity index (χ1) is 10.9. The van der Waals surface area contributed by atoms with Crippen LogP contribution in [0.25, 0.3) is 0 Å². The SMILES string of the molecule is COc1ccc([C@@H]2COCCN2)cc1OCc1ccccc1.Cl. The van der Waals surface area contributed by atoms with Crippen molar-refractivity contribution in [1.82, 2.24) is 5.32 Å². The van der Waals surface area contributed by atoms with Gasteiger partial charge in [0.15, 0.2) is 11.5 Å². The molecule has 1 aliphatic heterocycles. The number of methoxy groups -OCH3 is 1. The van der Waals surface area contributed by atoms with Crippen LogP contribution >= 0.6 is 12.4 Å². The second-order valence-electron chi connectivity index (χ2n) is 5.27. The van der Waals surface area contributed by atoms with Crippen molar-refractivity contribution in [2.24, 2.45) is 0 Å². The monoisotopic (exact) mass is 335 g/mol. The maximum atomic E-state index is 5.95. The average molecular weight is 336 g/mol. The highest BCUT2D eigenvalue weighted by molar-refractivity contribution is 5.85. The molecule has 0 bridgehead atoms. The molecular weight excluding hydrogens is 314 g/mol.